The smallest absolute Gasteiger partial charge is 0.261 e. The number of piperidine rings is 1. The molecule has 4 rings (SSSR count). The van der Waals surface area contributed by atoms with Crippen molar-refractivity contribution in [1.29, 1.82) is 0 Å². The Hall–Kier alpha value is -3.03. The van der Waals surface area contributed by atoms with Gasteiger partial charge in [0.25, 0.3) is 5.89 Å². The van der Waals surface area contributed by atoms with Gasteiger partial charge >= 0.3 is 0 Å². The molecule has 0 bridgehead atoms. The van der Waals surface area contributed by atoms with Crippen molar-refractivity contribution >= 4 is 22.5 Å². The number of carbonyl (C=O) groups is 1. The molecule has 0 amide bonds. The van der Waals surface area contributed by atoms with Gasteiger partial charge in [-0.2, -0.15) is 4.98 Å². The van der Waals surface area contributed by atoms with Gasteiger partial charge in [-0.05, 0) is 39.3 Å². The van der Waals surface area contributed by atoms with Gasteiger partial charge in [0.2, 0.25) is 0 Å². The van der Waals surface area contributed by atoms with Gasteiger partial charge in [-0.3, -0.25) is 4.79 Å². The molecule has 152 valence electrons. The van der Waals surface area contributed by atoms with E-state index in [2.05, 4.69) is 15.1 Å². The highest BCUT2D eigenvalue weighted by Gasteiger charge is 2.27. The van der Waals surface area contributed by atoms with Crippen LogP contribution < -0.4 is 9.64 Å². The van der Waals surface area contributed by atoms with E-state index in [0.29, 0.717) is 60.2 Å². The number of rotatable bonds is 4. The first-order valence-corrected chi connectivity index (χ1v) is 9.71. The first-order valence-electron chi connectivity index (χ1n) is 9.71. The third-order valence-corrected chi connectivity index (χ3v) is 4.99. The third-order valence-electron chi connectivity index (χ3n) is 4.99. The highest BCUT2D eigenvalue weighted by molar-refractivity contribution is 5.94. The number of hydrogen-bond donors (Lipinski definition) is 0. The number of halogens is 1. The summed E-state index contributed by atoms with van der Waals surface area (Å²) in [7, 11) is 0. The average Bonchev–Trinajstić information content (AvgIpc) is 3.08. The van der Waals surface area contributed by atoms with Crippen LogP contribution in [0.2, 0.25) is 0 Å². The third kappa shape index (κ3) is 3.66. The average molecular weight is 398 g/mol. The van der Waals surface area contributed by atoms with Gasteiger partial charge in [-0.15, -0.1) is 0 Å². The zero-order chi connectivity index (χ0) is 20.7. The largest absolute Gasteiger partial charge is 0.491 e. The van der Waals surface area contributed by atoms with Crippen LogP contribution in [0.4, 0.5) is 10.2 Å². The van der Waals surface area contributed by atoms with Gasteiger partial charge in [0.1, 0.15) is 22.9 Å². The minimum atomic E-state index is -0.455. The Morgan fingerprint density at radius 3 is 2.52 bits per heavy atom. The molecular formula is C21H23FN4O3. The van der Waals surface area contributed by atoms with E-state index in [1.807, 2.05) is 25.7 Å². The molecule has 3 heterocycles. The number of ether oxygens (including phenoxy) is 1. The van der Waals surface area contributed by atoms with E-state index in [4.69, 9.17) is 9.26 Å². The Bertz CT molecular complexity index is 1080. The van der Waals surface area contributed by atoms with Crippen molar-refractivity contribution in [2.24, 2.45) is 0 Å². The molecule has 0 saturated carbocycles. The maximum Gasteiger partial charge on any atom is 0.261 e. The first-order chi connectivity index (χ1) is 13.8. The quantitative estimate of drug-likeness (QED) is 0.657. The molecule has 2 aromatic heterocycles. The van der Waals surface area contributed by atoms with E-state index in [1.165, 1.54) is 6.07 Å². The molecule has 0 aliphatic carbocycles. The lowest BCUT2D eigenvalue weighted by Gasteiger charge is -2.29. The van der Waals surface area contributed by atoms with Crippen molar-refractivity contribution in [1.82, 2.24) is 15.1 Å². The lowest BCUT2D eigenvalue weighted by atomic mass is 10.0. The summed E-state index contributed by atoms with van der Waals surface area (Å²) in [5.74, 6) is 1.60. The molecule has 0 spiro atoms. The van der Waals surface area contributed by atoms with Crippen molar-refractivity contribution in [3.05, 3.63) is 29.3 Å². The molecule has 0 atom stereocenters. The van der Waals surface area contributed by atoms with Crippen LogP contribution in [0.5, 0.6) is 5.75 Å². The molecule has 1 aliphatic rings. The Balaban J connectivity index is 1.95. The summed E-state index contributed by atoms with van der Waals surface area (Å²) in [6.07, 6.45) is 0.790. The van der Waals surface area contributed by atoms with Gasteiger partial charge in [0.05, 0.1) is 11.7 Å². The summed E-state index contributed by atoms with van der Waals surface area (Å²) in [5.41, 5.74) is 1.69. The van der Waals surface area contributed by atoms with Crippen LogP contribution in [0.25, 0.3) is 22.4 Å². The summed E-state index contributed by atoms with van der Waals surface area (Å²) < 4.78 is 26.1. The molecule has 29 heavy (non-hydrogen) atoms. The highest BCUT2D eigenvalue weighted by Crippen LogP contribution is 2.38. The van der Waals surface area contributed by atoms with Gasteiger partial charge in [0.15, 0.2) is 11.6 Å². The number of pyridine rings is 1. The van der Waals surface area contributed by atoms with E-state index in [1.54, 1.807) is 13.0 Å². The van der Waals surface area contributed by atoms with E-state index in [-0.39, 0.29) is 17.4 Å². The molecule has 1 aromatic carbocycles. The van der Waals surface area contributed by atoms with Crippen LogP contribution in [-0.2, 0) is 4.79 Å². The Morgan fingerprint density at radius 2 is 1.90 bits per heavy atom. The van der Waals surface area contributed by atoms with Gasteiger partial charge in [-0.25, -0.2) is 9.37 Å². The number of benzene rings is 1. The maximum atomic E-state index is 15.0. The fourth-order valence-corrected chi connectivity index (χ4v) is 3.63. The van der Waals surface area contributed by atoms with Gasteiger partial charge in [0, 0.05) is 37.4 Å². The molecule has 0 unspecified atom stereocenters. The Labute approximate surface area is 167 Å². The molecular weight excluding hydrogens is 375 g/mol. The summed E-state index contributed by atoms with van der Waals surface area (Å²) in [4.78, 5) is 22.7. The fraction of sp³-hybridized carbons (Fsp3) is 0.429. The van der Waals surface area contributed by atoms with Crippen LogP contribution in [-0.4, -0.2) is 40.1 Å². The summed E-state index contributed by atoms with van der Waals surface area (Å²) in [5, 5.41) is 4.53. The second-order valence-electron chi connectivity index (χ2n) is 7.58. The van der Waals surface area contributed by atoms with Gasteiger partial charge in [-0.1, -0.05) is 5.16 Å². The number of Topliss-reactive ketones (excluding diaryl/α,β-unsaturated/α-hetero) is 1. The molecule has 8 heteroatoms. The first kappa shape index (κ1) is 19.3. The number of aryl methyl sites for hydroxylation is 2. The van der Waals surface area contributed by atoms with Crippen molar-refractivity contribution in [2.75, 3.05) is 18.0 Å². The lowest BCUT2D eigenvalue weighted by Crippen LogP contribution is -2.34. The SMILES string of the molecule is Cc1noc(-c2c(N3CCC(=O)CC3)nc3c(F)cc(OC(C)C)cc3c2C)n1. The Morgan fingerprint density at radius 1 is 1.17 bits per heavy atom. The fourth-order valence-electron chi connectivity index (χ4n) is 3.63. The second kappa shape index (κ2) is 7.42. The minimum absolute atomic E-state index is 0.0802. The number of hydrogen-bond acceptors (Lipinski definition) is 7. The number of nitrogens with zero attached hydrogens (tertiary/aromatic N) is 4. The maximum absolute atomic E-state index is 15.0. The van der Waals surface area contributed by atoms with Crippen molar-refractivity contribution in [3.63, 3.8) is 0 Å². The number of ketones is 1. The van der Waals surface area contributed by atoms with Crippen LogP contribution in [0.1, 0.15) is 38.1 Å². The highest BCUT2D eigenvalue weighted by atomic mass is 19.1. The van der Waals surface area contributed by atoms with Crippen LogP contribution >= 0.6 is 0 Å². The molecule has 3 aromatic rings. The van der Waals surface area contributed by atoms with Gasteiger partial charge < -0.3 is 14.2 Å². The van der Waals surface area contributed by atoms with E-state index in [0.717, 1.165) is 5.56 Å². The topological polar surface area (TPSA) is 81.4 Å². The predicted molar refractivity (Wildman–Crippen MR) is 107 cm³/mol. The zero-order valence-corrected chi connectivity index (χ0v) is 17.0. The number of fused-ring (bicyclic) bond motifs is 1. The van der Waals surface area contributed by atoms with Crippen molar-refractivity contribution in [2.45, 2.75) is 46.6 Å². The molecule has 7 nitrogen and oxygen atoms in total. The number of carbonyl (C=O) groups excluding carboxylic acids is 1. The monoisotopic (exact) mass is 398 g/mol. The predicted octanol–water partition coefficient (Wildman–Crippen LogP) is 4.00. The molecule has 0 N–H and O–H groups in total. The van der Waals surface area contributed by atoms with Crippen LogP contribution in [0.3, 0.4) is 0 Å². The van der Waals surface area contributed by atoms with E-state index < -0.39 is 5.82 Å². The molecule has 1 saturated heterocycles. The summed E-state index contributed by atoms with van der Waals surface area (Å²) >= 11 is 0. The van der Waals surface area contributed by atoms with E-state index in [9.17, 15) is 9.18 Å². The number of aromatic nitrogens is 3. The van der Waals surface area contributed by atoms with Crippen LogP contribution in [0, 0.1) is 19.7 Å². The lowest BCUT2D eigenvalue weighted by molar-refractivity contribution is -0.119. The zero-order valence-electron chi connectivity index (χ0n) is 17.0. The molecule has 1 aliphatic heterocycles. The number of anilines is 1. The molecule has 0 radical (unpaired) electrons. The van der Waals surface area contributed by atoms with E-state index >= 15 is 0 Å². The summed E-state index contributed by atoms with van der Waals surface area (Å²) in [6, 6.07) is 3.14. The summed E-state index contributed by atoms with van der Waals surface area (Å²) in [6.45, 7) is 8.45. The van der Waals surface area contributed by atoms with Crippen molar-refractivity contribution < 1.29 is 18.4 Å². The normalized spacial score (nSPS) is 14.8. The Kier molecular flexibility index (Phi) is 4.94. The minimum Gasteiger partial charge on any atom is -0.491 e. The second-order valence-corrected chi connectivity index (χ2v) is 7.58. The molecule has 1 fully saturated rings. The van der Waals surface area contributed by atoms with Crippen LogP contribution in [0.15, 0.2) is 16.7 Å². The standard InChI is InChI=1S/C21H23FN4O3/c1-11(2)28-15-9-16-12(3)18(21-23-13(4)25-29-21)20(24-19(16)17(22)10-15)26-7-5-14(27)6-8-26/h9-11H,5-8H2,1-4H3. The van der Waals surface area contributed by atoms with Crippen molar-refractivity contribution in [3.8, 4) is 17.2 Å².